The van der Waals surface area contributed by atoms with Crippen molar-refractivity contribution >= 4 is 22.8 Å². The second-order valence-electron chi connectivity index (χ2n) is 10.6. The fourth-order valence-electron chi connectivity index (χ4n) is 5.76. The molecule has 4 unspecified atom stereocenters. The largest absolute Gasteiger partial charge is 0.486 e. The first kappa shape index (κ1) is 27.4. The Kier molecular flexibility index (Phi) is 7.36. The van der Waals surface area contributed by atoms with Crippen molar-refractivity contribution < 1.29 is 29.0 Å². The molecular formula is C33H30N2O7. The van der Waals surface area contributed by atoms with E-state index in [1.807, 2.05) is 49.4 Å². The summed E-state index contributed by atoms with van der Waals surface area (Å²) in [6.45, 7) is 1.78. The van der Waals surface area contributed by atoms with Crippen LogP contribution in [0.15, 0.2) is 99.7 Å². The molecule has 9 nitrogen and oxygen atoms in total. The minimum atomic E-state index is -1.24. The maximum Gasteiger partial charge on any atom is 0.349 e. The van der Waals surface area contributed by atoms with Crippen LogP contribution in [0.2, 0.25) is 0 Å². The maximum absolute atomic E-state index is 14.2. The molecule has 6 rings (SSSR count). The summed E-state index contributed by atoms with van der Waals surface area (Å²) in [7, 11) is 0. The third-order valence-corrected chi connectivity index (χ3v) is 7.84. The van der Waals surface area contributed by atoms with Gasteiger partial charge in [-0.05, 0) is 36.8 Å². The van der Waals surface area contributed by atoms with Crippen LogP contribution in [0.3, 0.4) is 0 Å². The van der Waals surface area contributed by atoms with Crippen molar-refractivity contribution in [3.05, 3.63) is 123 Å². The predicted octanol–water partition coefficient (Wildman–Crippen LogP) is 3.07. The number of aliphatic hydroxyl groups excluding tert-OH is 2. The average Bonchev–Trinajstić information content (AvgIpc) is 3.40. The number of aliphatic hydroxyl groups is 2. The van der Waals surface area contributed by atoms with Crippen molar-refractivity contribution in [2.75, 3.05) is 13.2 Å². The van der Waals surface area contributed by atoms with Crippen molar-refractivity contribution in [3.8, 4) is 5.75 Å². The maximum atomic E-state index is 14.2. The molecule has 0 radical (unpaired) electrons. The lowest BCUT2D eigenvalue weighted by atomic mass is 9.77. The van der Waals surface area contributed by atoms with Crippen LogP contribution >= 0.6 is 0 Å². The molecule has 4 aromatic rings. The summed E-state index contributed by atoms with van der Waals surface area (Å²) in [4.78, 5) is 42.1. The highest BCUT2D eigenvalue weighted by atomic mass is 16.5. The Morgan fingerprint density at radius 2 is 1.74 bits per heavy atom. The van der Waals surface area contributed by atoms with Crippen LogP contribution in [0, 0.1) is 6.92 Å². The van der Waals surface area contributed by atoms with Gasteiger partial charge in [0.1, 0.15) is 29.1 Å². The first-order chi connectivity index (χ1) is 20.4. The van der Waals surface area contributed by atoms with E-state index in [1.54, 1.807) is 36.4 Å². The summed E-state index contributed by atoms with van der Waals surface area (Å²) in [5.41, 5.74) is 2.22. The summed E-state index contributed by atoms with van der Waals surface area (Å²) >= 11 is 0. The molecule has 0 saturated carbocycles. The predicted molar refractivity (Wildman–Crippen MR) is 155 cm³/mol. The number of benzene rings is 3. The van der Waals surface area contributed by atoms with Gasteiger partial charge in [-0.3, -0.25) is 9.59 Å². The van der Waals surface area contributed by atoms with Gasteiger partial charge in [0, 0.05) is 29.6 Å². The molecule has 42 heavy (non-hydrogen) atoms. The fourth-order valence-corrected chi connectivity index (χ4v) is 5.76. The fraction of sp³-hybridized carbons (Fsp3) is 0.242. The molecule has 2 heterocycles. The van der Waals surface area contributed by atoms with Gasteiger partial charge < -0.3 is 29.6 Å². The van der Waals surface area contributed by atoms with Gasteiger partial charge in [-0.25, -0.2) is 4.79 Å². The number of hydrogen-bond donors (Lipinski definition) is 3. The van der Waals surface area contributed by atoms with Gasteiger partial charge in [-0.2, -0.15) is 0 Å². The molecule has 1 aliphatic carbocycles. The highest BCUT2D eigenvalue weighted by Crippen LogP contribution is 2.47. The lowest BCUT2D eigenvalue weighted by Gasteiger charge is -2.40. The van der Waals surface area contributed by atoms with E-state index in [1.165, 1.54) is 11.0 Å². The lowest BCUT2D eigenvalue weighted by molar-refractivity contribution is -0.118. The smallest absolute Gasteiger partial charge is 0.349 e. The van der Waals surface area contributed by atoms with Gasteiger partial charge >= 0.3 is 5.63 Å². The molecule has 0 saturated heterocycles. The molecule has 3 aromatic carbocycles. The van der Waals surface area contributed by atoms with Crippen molar-refractivity contribution in [1.29, 1.82) is 0 Å². The normalized spacial score (nSPS) is 20.7. The van der Waals surface area contributed by atoms with Crippen LogP contribution in [0.5, 0.6) is 5.75 Å². The zero-order valence-corrected chi connectivity index (χ0v) is 22.9. The zero-order valence-electron chi connectivity index (χ0n) is 22.9. The Balaban J connectivity index is 1.47. The SMILES string of the molecule is Cc1ccc(CN(C(=O)c2cc3ccccc3oc2=O)C2C=C(C(=O)NCCO)C3c4ccccc4OC3C2O)cc1. The molecule has 1 aromatic heterocycles. The Morgan fingerprint density at radius 3 is 2.52 bits per heavy atom. The number of rotatable bonds is 7. The van der Waals surface area contributed by atoms with Crippen LogP contribution in [0.25, 0.3) is 11.0 Å². The third-order valence-electron chi connectivity index (χ3n) is 7.84. The van der Waals surface area contributed by atoms with Gasteiger partial charge in [0.25, 0.3) is 5.91 Å². The molecule has 4 atom stereocenters. The van der Waals surface area contributed by atoms with E-state index >= 15 is 0 Å². The molecule has 0 spiro atoms. The number of nitrogens with one attached hydrogen (secondary N) is 1. The van der Waals surface area contributed by atoms with Crippen LogP contribution in [-0.4, -0.2) is 58.3 Å². The van der Waals surface area contributed by atoms with Gasteiger partial charge in [0.2, 0.25) is 5.91 Å². The highest BCUT2D eigenvalue weighted by Gasteiger charge is 2.50. The summed E-state index contributed by atoms with van der Waals surface area (Å²) in [6, 6.07) is 22.2. The summed E-state index contributed by atoms with van der Waals surface area (Å²) in [5.74, 6) is -1.14. The van der Waals surface area contributed by atoms with Crippen molar-refractivity contribution in [3.63, 3.8) is 0 Å². The van der Waals surface area contributed by atoms with Gasteiger partial charge in [-0.1, -0.05) is 66.2 Å². The number of hydrogen-bond acceptors (Lipinski definition) is 7. The van der Waals surface area contributed by atoms with E-state index in [9.17, 15) is 24.6 Å². The molecule has 0 fully saturated rings. The summed E-state index contributed by atoms with van der Waals surface area (Å²) in [5, 5.41) is 24.4. The molecule has 3 N–H and O–H groups in total. The second kappa shape index (κ2) is 11.3. The number of para-hydroxylation sites is 2. The quantitative estimate of drug-likeness (QED) is 0.293. The average molecular weight is 567 g/mol. The monoisotopic (exact) mass is 566 g/mol. The van der Waals surface area contributed by atoms with E-state index < -0.39 is 41.6 Å². The molecule has 214 valence electrons. The number of nitrogens with zero attached hydrogens (tertiary/aromatic N) is 1. The second-order valence-corrected chi connectivity index (χ2v) is 10.6. The number of ether oxygens (including phenoxy) is 1. The Morgan fingerprint density at radius 1 is 1.00 bits per heavy atom. The van der Waals surface area contributed by atoms with E-state index in [-0.39, 0.29) is 25.3 Å². The van der Waals surface area contributed by atoms with Crippen molar-refractivity contribution in [2.24, 2.45) is 0 Å². The Bertz CT molecular complexity index is 1740. The molecular weight excluding hydrogens is 536 g/mol. The van der Waals surface area contributed by atoms with E-state index in [2.05, 4.69) is 5.32 Å². The first-order valence-electron chi connectivity index (χ1n) is 13.8. The standard InChI is InChI=1S/C33H30N2O7/c1-19-10-12-20(13-11-19)18-35(32(39)24-16-21-6-2-4-8-26(21)42-33(24)40)25-17-23(31(38)34-14-15-36)28-22-7-3-5-9-27(22)41-30(28)29(25)37/h2-13,16-17,25,28-30,36-37H,14-15,18H2,1H3,(H,34,38). The van der Waals surface area contributed by atoms with Crippen molar-refractivity contribution in [1.82, 2.24) is 10.2 Å². The Labute approximate surface area is 241 Å². The van der Waals surface area contributed by atoms with Crippen LogP contribution in [0.4, 0.5) is 0 Å². The number of amides is 2. The van der Waals surface area contributed by atoms with Crippen LogP contribution in [0.1, 0.15) is 33.0 Å². The number of aryl methyl sites for hydroxylation is 1. The van der Waals surface area contributed by atoms with Gasteiger partial charge in [-0.15, -0.1) is 0 Å². The lowest BCUT2D eigenvalue weighted by Crippen LogP contribution is -2.55. The minimum absolute atomic E-state index is 0.0351. The number of carbonyl (C=O) groups is 2. The van der Waals surface area contributed by atoms with Crippen molar-refractivity contribution in [2.45, 2.75) is 37.6 Å². The Hall–Kier alpha value is -4.73. The highest BCUT2D eigenvalue weighted by molar-refractivity contribution is 5.98. The zero-order chi connectivity index (χ0) is 29.4. The van der Waals surface area contributed by atoms with E-state index in [0.717, 1.165) is 16.7 Å². The van der Waals surface area contributed by atoms with Crippen LogP contribution in [-0.2, 0) is 11.3 Å². The molecule has 2 amide bonds. The number of fused-ring (bicyclic) bond motifs is 4. The molecule has 2 aliphatic rings. The van der Waals surface area contributed by atoms with Gasteiger partial charge in [0.15, 0.2) is 0 Å². The van der Waals surface area contributed by atoms with E-state index in [4.69, 9.17) is 9.15 Å². The van der Waals surface area contributed by atoms with E-state index in [0.29, 0.717) is 22.3 Å². The third kappa shape index (κ3) is 4.97. The summed E-state index contributed by atoms with van der Waals surface area (Å²) in [6.07, 6.45) is -0.522. The van der Waals surface area contributed by atoms with Gasteiger partial charge in [0.05, 0.1) is 18.6 Å². The molecule has 0 bridgehead atoms. The molecule has 1 aliphatic heterocycles. The van der Waals surface area contributed by atoms with Crippen LogP contribution < -0.4 is 15.7 Å². The molecule has 9 heteroatoms. The minimum Gasteiger partial charge on any atom is -0.486 e. The first-order valence-corrected chi connectivity index (χ1v) is 13.8. The summed E-state index contributed by atoms with van der Waals surface area (Å²) < 4.78 is 11.6. The topological polar surface area (TPSA) is 129 Å². The number of carbonyl (C=O) groups excluding carboxylic acids is 2.